The largest absolute Gasteiger partial charge is 0.396 e. The van der Waals surface area contributed by atoms with Gasteiger partial charge in [0.15, 0.2) is 0 Å². The smallest absolute Gasteiger partial charge is 0.232 e. The van der Waals surface area contributed by atoms with Crippen LogP contribution in [0.15, 0.2) is 0 Å². The van der Waals surface area contributed by atoms with Crippen LogP contribution >= 0.6 is 21.4 Å². The molecule has 0 heterocycles. The average Bonchev–Trinajstić information content (AvgIpc) is 2.29. The van der Waals surface area contributed by atoms with E-state index in [9.17, 15) is 16.8 Å². The van der Waals surface area contributed by atoms with Gasteiger partial charge in [-0.2, -0.15) is 0 Å². The molecule has 0 amide bonds. The molecular formula is C10H22Cl2O6S2. The Morgan fingerprint density at radius 1 is 0.600 bits per heavy atom. The molecule has 0 aliphatic heterocycles. The van der Waals surface area contributed by atoms with E-state index in [-0.39, 0.29) is 37.6 Å². The maximum Gasteiger partial charge on any atom is 0.232 e. The highest BCUT2D eigenvalue weighted by Gasteiger charge is 2.08. The Balaban J connectivity index is 0. The normalized spacial score (nSPS) is 11.8. The molecule has 0 aromatic heterocycles. The fourth-order valence-electron chi connectivity index (χ4n) is 1.13. The van der Waals surface area contributed by atoms with Crippen molar-refractivity contribution in [1.29, 1.82) is 0 Å². The average molecular weight is 373 g/mol. The molecule has 0 unspecified atom stereocenters. The summed E-state index contributed by atoms with van der Waals surface area (Å²) in [5.41, 5.74) is 0. The van der Waals surface area contributed by atoms with Gasteiger partial charge in [0.1, 0.15) is 0 Å². The molecule has 0 spiro atoms. The van der Waals surface area contributed by atoms with Gasteiger partial charge in [-0.1, -0.05) is 12.8 Å². The first kappa shape index (κ1) is 22.7. The molecular weight excluding hydrogens is 351 g/mol. The van der Waals surface area contributed by atoms with Gasteiger partial charge in [-0.25, -0.2) is 16.8 Å². The second-order valence-electron chi connectivity index (χ2n) is 4.05. The topological polar surface area (TPSA) is 109 Å². The van der Waals surface area contributed by atoms with Gasteiger partial charge in [-0.05, 0) is 25.7 Å². The van der Waals surface area contributed by atoms with Crippen LogP contribution in [0.1, 0.15) is 38.5 Å². The minimum atomic E-state index is -3.51. The summed E-state index contributed by atoms with van der Waals surface area (Å²) in [4.78, 5) is 0. The predicted octanol–water partition coefficient (Wildman–Crippen LogP) is 1.44. The summed E-state index contributed by atoms with van der Waals surface area (Å²) in [6, 6.07) is 0. The standard InChI is InChI=1S/C6H14O2.C4H8Cl2O4S2/c7-5-3-1-2-4-6-8;5-11(7,8)3-1-2-4-12(6,9)10/h7-8H,1-6H2;1-4H2. The van der Waals surface area contributed by atoms with Gasteiger partial charge in [0.05, 0.1) is 11.5 Å². The summed E-state index contributed by atoms with van der Waals surface area (Å²) in [6.07, 6.45) is 4.24. The van der Waals surface area contributed by atoms with Gasteiger partial charge in [0.2, 0.25) is 18.1 Å². The first-order valence-electron chi connectivity index (χ1n) is 6.19. The Morgan fingerprint density at radius 2 is 0.900 bits per heavy atom. The van der Waals surface area contributed by atoms with Gasteiger partial charge >= 0.3 is 0 Å². The Labute approximate surface area is 129 Å². The molecule has 0 aliphatic rings. The van der Waals surface area contributed by atoms with Crippen LogP contribution in [0.5, 0.6) is 0 Å². The lowest BCUT2D eigenvalue weighted by atomic mass is 10.2. The van der Waals surface area contributed by atoms with Crippen molar-refractivity contribution in [3.8, 4) is 0 Å². The van der Waals surface area contributed by atoms with E-state index >= 15 is 0 Å². The summed E-state index contributed by atoms with van der Waals surface area (Å²) in [7, 11) is 2.73. The molecule has 0 aromatic carbocycles. The SMILES string of the molecule is O=S(=O)(Cl)CCCCS(=O)(=O)Cl.OCCCCCCO. The molecule has 0 saturated heterocycles. The third-order valence-electron chi connectivity index (χ3n) is 2.09. The summed E-state index contributed by atoms with van der Waals surface area (Å²) in [5, 5.41) is 16.6. The van der Waals surface area contributed by atoms with Gasteiger partial charge in [-0.3, -0.25) is 0 Å². The highest BCUT2D eigenvalue weighted by Crippen LogP contribution is 2.05. The highest BCUT2D eigenvalue weighted by atomic mass is 35.7. The Kier molecular flexibility index (Phi) is 14.8. The molecule has 0 fully saturated rings. The van der Waals surface area contributed by atoms with E-state index in [1.54, 1.807) is 0 Å². The van der Waals surface area contributed by atoms with E-state index in [0.29, 0.717) is 0 Å². The molecule has 0 bridgehead atoms. The van der Waals surface area contributed by atoms with E-state index in [1.165, 1.54) is 0 Å². The number of rotatable bonds is 10. The lowest BCUT2D eigenvalue weighted by molar-refractivity contribution is 0.265. The third kappa shape index (κ3) is 26.9. The van der Waals surface area contributed by atoms with Crippen molar-refractivity contribution in [3.63, 3.8) is 0 Å². The second kappa shape index (κ2) is 13.1. The van der Waals surface area contributed by atoms with Crippen LogP contribution in [-0.4, -0.2) is 51.8 Å². The Bertz CT molecular complexity index is 367. The van der Waals surface area contributed by atoms with Gasteiger partial charge in [0.25, 0.3) is 0 Å². The first-order valence-corrected chi connectivity index (χ1v) is 11.1. The van der Waals surface area contributed by atoms with Crippen molar-refractivity contribution in [3.05, 3.63) is 0 Å². The Hall–Kier alpha value is 0.400. The molecule has 6 nitrogen and oxygen atoms in total. The summed E-state index contributed by atoms with van der Waals surface area (Å²) < 4.78 is 41.4. The molecule has 0 saturated carbocycles. The van der Waals surface area contributed by atoms with Crippen molar-refractivity contribution in [2.45, 2.75) is 38.5 Å². The minimum absolute atomic E-state index is 0.206. The van der Waals surface area contributed by atoms with Gasteiger partial charge < -0.3 is 10.2 Å². The maximum absolute atomic E-state index is 10.3. The second-order valence-corrected chi connectivity index (χ2v) is 9.85. The lowest BCUT2D eigenvalue weighted by Gasteiger charge is -1.95. The van der Waals surface area contributed by atoms with Crippen LogP contribution in [0.4, 0.5) is 0 Å². The summed E-state index contributed by atoms with van der Waals surface area (Å²) >= 11 is 0. The number of hydrogen-bond acceptors (Lipinski definition) is 6. The number of aliphatic hydroxyl groups is 2. The van der Waals surface area contributed by atoms with E-state index in [1.807, 2.05) is 0 Å². The molecule has 20 heavy (non-hydrogen) atoms. The zero-order valence-electron chi connectivity index (χ0n) is 11.2. The van der Waals surface area contributed by atoms with Crippen LogP contribution in [0.3, 0.4) is 0 Å². The van der Waals surface area contributed by atoms with E-state index in [0.717, 1.165) is 25.7 Å². The van der Waals surface area contributed by atoms with Crippen molar-refractivity contribution in [2.24, 2.45) is 0 Å². The quantitative estimate of drug-likeness (QED) is 0.443. The molecule has 2 N–H and O–H groups in total. The number of unbranched alkanes of at least 4 members (excludes halogenated alkanes) is 4. The number of halogens is 2. The summed E-state index contributed by atoms with van der Waals surface area (Å²) in [6.45, 7) is 0.566. The fraction of sp³-hybridized carbons (Fsp3) is 1.00. The van der Waals surface area contributed by atoms with E-state index in [4.69, 9.17) is 31.6 Å². The zero-order valence-corrected chi connectivity index (χ0v) is 14.3. The molecule has 0 aliphatic carbocycles. The maximum atomic E-state index is 10.3. The van der Waals surface area contributed by atoms with Gasteiger partial charge in [-0.15, -0.1) is 0 Å². The van der Waals surface area contributed by atoms with E-state index < -0.39 is 18.1 Å². The van der Waals surface area contributed by atoms with Crippen LogP contribution < -0.4 is 0 Å². The minimum Gasteiger partial charge on any atom is -0.396 e. The number of hydrogen-bond donors (Lipinski definition) is 2. The summed E-state index contributed by atoms with van der Waals surface area (Å²) in [5.74, 6) is -0.443. The third-order valence-corrected chi connectivity index (χ3v) is 4.57. The zero-order chi connectivity index (χ0) is 16.1. The molecule has 124 valence electrons. The van der Waals surface area contributed by atoms with Crippen molar-refractivity contribution >= 4 is 39.5 Å². The fourth-order valence-corrected chi connectivity index (χ4v) is 2.88. The predicted molar refractivity (Wildman–Crippen MR) is 81.2 cm³/mol. The highest BCUT2D eigenvalue weighted by molar-refractivity contribution is 8.14. The molecule has 10 heteroatoms. The lowest BCUT2D eigenvalue weighted by Crippen LogP contribution is -2.02. The van der Waals surface area contributed by atoms with Crippen LogP contribution in [-0.2, 0) is 18.1 Å². The monoisotopic (exact) mass is 372 g/mol. The van der Waals surface area contributed by atoms with Crippen LogP contribution in [0, 0.1) is 0 Å². The molecule has 0 radical (unpaired) electrons. The Morgan fingerprint density at radius 3 is 1.10 bits per heavy atom. The van der Waals surface area contributed by atoms with Crippen molar-refractivity contribution in [2.75, 3.05) is 24.7 Å². The molecule has 0 aromatic rings. The van der Waals surface area contributed by atoms with E-state index in [2.05, 4.69) is 0 Å². The van der Waals surface area contributed by atoms with Crippen molar-refractivity contribution < 1.29 is 27.0 Å². The van der Waals surface area contributed by atoms with Crippen LogP contribution in [0.2, 0.25) is 0 Å². The first-order chi connectivity index (χ1) is 9.12. The van der Waals surface area contributed by atoms with Gasteiger partial charge in [0, 0.05) is 34.6 Å². The van der Waals surface area contributed by atoms with Crippen molar-refractivity contribution in [1.82, 2.24) is 0 Å². The van der Waals surface area contributed by atoms with Crippen LogP contribution in [0.25, 0.3) is 0 Å². The molecule has 0 rings (SSSR count). The number of aliphatic hydroxyl groups excluding tert-OH is 2. The molecule has 0 atom stereocenters.